The number of hydrogen-bond donors (Lipinski definition) is 1. The molecular formula is C12H25N3O2S. The van der Waals surface area contributed by atoms with Gasteiger partial charge < -0.3 is 5.73 Å². The normalized spacial score (nSPS) is 34.9. The molecule has 2 rings (SSSR count). The Morgan fingerprint density at radius 2 is 1.61 bits per heavy atom. The van der Waals surface area contributed by atoms with Gasteiger partial charge in [0.2, 0.25) is 0 Å². The fourth-order valence-corrected chi connectivity index (χ4v) is 4.88. The van der Waals surface area contributed by atoms with E-state index in [-0.39, 0.29) is 29.1 Å². The van der Waals surface area contributed by atoms with Crippen LogP contribution in [0.4, 0.5) is 0 Å². The number of rotatable bonds is 1. The van der Waals surface area contributed by atoms with Crippen molar-refractivity contribution in [1.82, 2.24) is 9.80 Å². The molecule has 0 aliphatic carbocycles. The van der Waals surface area contributed by atoms with E-state index in [4.69, 9.17) is 5.73 Å². The predicted molar refractivity (Wildman–Crippen MR) is 73.3 cm³/mol. The number of piperazine rings is 1. The zero-order chi connectivity index (χ0) is 13.6. The number of sulfone groups is 1. The van der Waals surface area contributed by atoms with Gasteiger partial charge in [-0.3, -0.25) is 9.80 Å². The van der Waals surface area contributed by atoms with Crippen LogP contribution in [0.1, 0.15) is 20.8 Å². The Morgan fingerprint density at radius 3 is 2.00 bits per heavy atom. The SMILES string of the molecule is CC(C)(C)N1CCN(C2CS(=O)(=O)CC2N)CC1. The molecule has 2 atom stereocenters. The van der Waals surface area contributed by atoms with Crippen molar-refractivity contribution in [2.24, 2.45) is 5.73 Å². The summed E-state index contributed by atoms with van der Waals surface area (Å²) >= 11 is 0. The molecule has 0 saturated carbocycles. The van der Waals surface area contributed by atoms with Crippen LogP contribution < -0.4 is 5.73 Å². The molecule has 2 aliphatic heterocycles. The molecule has 2 aliphatic rings. The van der Waals surface area contributed by atoms with Crippen LogP contribution in [0, 0.1) is 0 Å². The summed E-state index contributed by atoms with van der Waals surface area (Å²) in [5, 5.41) is 0. The minimum absolute atomic E-state index is 0.0251. The van der Waals surface area contributed by atoms with Crippen molar-refractivity contribution in [3.05, 3.63) is 0 Å². The highest BCUT2D eigenvalue weighted by molar-refractivity contribution is 7.91. The van der Waals surface area contributed by atoms with Crippen LogP contribution in [0.2, 0.25) is 0 Å². The molecule has 0 amide bonds. The Morgan fingerprint density at radius 1 is 1.06 bits per heavy atom. The van der Waals surface area contributed by atoms with Crippen LogP contribution in [0.25, 0.3) is 0 Å². The fraction of sp³-hybridized carbons (Fsp3) is 1.00. The Kier molecular flexibility index (Phi) is 3.75. The topological polar surface area (TPSA) is 66.6 Å². The summed E-state index contributed by atoms with van der Waals surface area (Å²) in [6, 6.07) is -0.187. The van der Waals surface area contributed by atoms with Crippen molar-refractivity contribution in [1.29, 1.82) is 0 Å². The van der Waals surface area contributed by atoms with Gasteiger partial charge in [0, 0.05) is 43.8 Å². The van der Waals surface area contributed by atoms with E-state index in [2.05, 4.69) is 30.6 Å². The average Bonchev–Trinajstić information content (AvgIpc) is 2.51. The maximum Gasteiger partial charge on any atom is 0.153 e. The highest BCUT2D eigenvalue weighted by Crippen LogP contribution is 2.21. The van der Waals surface area contributed by atoms with Crippen LogP contribution >= 0.6 is 0 Å². The minimum atomic E-state index is -2.92. The third kappa shape index (κ3) is 3.04. The van der Waals surface area contributed by atoms with E-state index in [9.17, 15) is 8.42 Å². The average molecular weight is 275 g/mol. The second kappa shape index (κ2) is 4.74. The summed E-state index contributed by atoms with van der Waals surface area (Å²) in [6.07, 6.45) is 0. The van der Waals surface area contributed by atoms with Gasteiger partial charge in [-0.25, -0.2) is 8.42 Å². The molecule has 106 valence electrons. The van der Waals surface area contributed by atoms with Crippen LogP contribution in [-0.4, -0.2) is 73.5 Å². The van der Waals surface area contributed by atoms with E-state index >= 15 is 0 Å². The van der Waals surface area contributed by atoms with E-state index < -0.39 is 9.84 Å². The van der Waals surface area contributed by atoms with Gasteiger partial charge in [-0.15, -0.1) is 0 Å². The van der Waals surface area contributed by atoms with Gasteiger partial charge >= 0.3 is 0 Å². The fourth-order valence-electron chi connectivity index (χ4n) is 2.96. The minimum Gasteiger partial charge on any atom is -0.325 e. The molecule has 2 fully saturated rings. The van der Waals surface area contributed by atoms with Crippen LogP contribution in [0.3, 0.4) is 0 Å². The molecule has 6 heteroatoms. The molecule has 0 aromatic rings. The highest BCUT2D eigenvalue weighted by atomic mass is 32.2. The first-order valence-electron chi connectivity index (χ1n) is 6.64. The van der Waals surface area contributed by atoms with Gasteiger partial charge in [0.05, 0.1) is 11.5 Å². The van der Waals surface area contributed by atoms with Gasteiger partial charge in [-0.1, -0.05) is 0 Å². The summed E-state index contributed by atoms with van der Waals surface area (Å²) in [5.41, 5.74) is 6.16. The summed E-state index contributed by atoms with van der Waals surface area (Å²) in [4.78, 5) is 4.70. The summed E-state index contributed by atoms with van der Waals surface area (Å²) in [5.74, 6) is 0.390. The molecule has 2 saturated heterocycles. The standard InChI is InChI=1S/C12H25N3O2S/c1-12(2,3)15-6-4-14(5-7-15)11-9-18(16,17)8-10(11)13/h10-11H,4-9,13H2,1-3H3. The van der Waals surface area contributed by atoms with E-state index in [0.29, 0.717) is 0 Å². The molecule has 5 nitrogen and oxygen atoms in total. The molecule has 0 aromatic carbocycles. The summed E-state index contributed by atoms with van der Waals surface area (Å²) < 4.78 is 23.2. The number of nitrogens with zero attached hydrogens (tertiary/aromatic N) is 2. The van der Waals surface area contributed by atoms with Crippen molar-refractivity contribution in [3.63, 3.8) is 0 Å². The van der Waals surface area contributed by atoms with Crippen LogP contribution in [0.5, 0.6) is 0 Å². The van der Waals surface area contributed by atoms with Gasteiger partial charge in [-0.2, -0.15) is 0 Å². The molecule has 0 bridgehead atoms. The monoisotopic (exact) mass is 275 g/mol. The van der Waals surface area contributed by atoms with Gasteiger partial charge in [-0.05, 0) is 20.8 Å². The Balaban J connectivity index is 1.95. The lowest BCUT2D eigenvalue weighted by atomic mass is 10.0. The molecule has 0 spiro atoms. The predicted octanol–water partition coefficient (Wildman–Crippen LogP) is -0.473. The zero-order valence-electron chi connectivity index (χ0n) is 11.6. The molecular weight excluding hydrogens is 250 g/mol. The smallest absolute Gasteiger partial charge is 0.153 e. The maximum atomic E-state index is 11.6. The van der Waals surface area contributed by atoms with Crippen molar-refractivity contribution in [3.8, 4) is 0 Å². The third-order valence-electron chi connectivity index (χ3n) is 4.10. The molecule has 0 aromatic heterocycles. The third-order valence-corrected chi connectivity index (χ3v) is 5.84. The molecule has 2 N–H and O–H groups in total. The number of hydrogen-bond acceptors (Lipinski definition) is 5. The van der Waals surface area contributed by atoms with E-state index in [0.717, 1.165) is 26.2 Å². The summed E-state index contributed by atoms with van der Waals surface area (Å²) in [7, 11) is -2.92. The lowest BCUT2D eigenvalue weighted by Gasteiger charge is -2.44. The Hall–Kier alpha value is -0.170. The maximum absolute atomic E-state index is 11.6. The van der Waals surface area contributed by atoms with Crippen molar-refractivity contribution in [2.75, 3.05) is 37.7 Å². The van der Waals surface area contributed by atoms with Crippen LogP contribution in [-0.2, 0) is 9.84 Å². The quantitative estimate of drug-likeness (QED) is 0.700. The van der Waals surface area contributed by atoms with E-state index in [1.807, 2.05) is 0 Å². The lowest BCUT2D eigenvalue weighted by Crippen LogP contribution is -2.58. The van der Waals surface area contributed by atoms with E-state index in [1.165, 1.54) is 0 Å². The first-order chi connectivity index (χ1) is 8.19. The van der Waals surface area contributed by atoms with E-state index in [1.54, 1.807) is 0 Å². The molecule has 2 unspecified atom stereocenters. The first-order valence-corrected chi connectivity index (χ1v) is 8.46. The zero-order valence-corrected chi connectivity index (χ0v) is 12.4. The van der Waals surface area contributed by atoms with Gasteiger partial charge in [0.15, 0.2) is 9.84 Å². The van der Waals surface area contributed by atoms with Gasteiger partial charge in [0.1, 0.15) is 0 Å². The van der Waals surface area contributed by atoms with Crippen molar-refractivity contribution in [2.45, 2.75) is 38.4 Å². The first kappa shape index (κ1) is 14.2. The van der Waals surface area contributed by atoms with Gasteiger partial charge in [0.25, 0.3) is 0 Å². The lowest BCUT2D eigenvalue weighted by molar-refractivity contribution is 0.0440. The summed E-state index contributed by atoms with van der Waals surface area (Å²) in [6.45, 7) is 10.5. The Bertz CT molecular complexity index is 394. The Labute approximate surface area is 110 Å². The van der Waals surface area contributed by atoms with Crippen molar-refractivity contribution < 1.29 is 8.42 Å². The molecule has 2 heterocycles. The highest BCUT2D eigenvalue weighted by Gasteiger charge is 2.40. The van der Waals surface area contributed by atoms with Crippen molar-refractivity contribution >= 4 is 9.84 Å². The van der Waals surface area contributed by atoms with Crippen LogP contribution in [0.15, 0.2) is 0 Å². The molecule has 0 radical (unpaired) electrons. The largest absolute Gasteiger partial charge is 0.325 e. The molecule has 18 heavy (non-hydrogen) atoms. The number of nitrogens with two attached hydrogens (primary N) is 1. The second-order valence-corrected chi connectivity index (χ2v) is 8.66. The second-order valence-electron chi connectivity index (χ2n) is 6.50.